The van der Waals surface area contributed by atoms with Crippen LogP contribution in [0.3, 0.4) is 0 Å². The van der Waals surface area contributed by atoms with E-state index in [2.05, 4.69) is 19.1 Å². The largest absolute Gasteiger partial charge is 0.698 e. The molecule has 0 atom stereocenters. The van der Waals surface area contributed by atoms with Gasteiger partial charge in [-0.1, -0.05) is 49.8 Å². The standard InChI is InChI=1S/C23H28N2O3.Tl/c1-4-6-8-16-9-7-10-17(15-16)11-13-19(24)21-20(25)14-12-18(22(21)27-3)23(26)28-5-2;/h7,9-15H,4-6,8H2,1-3H3,(H3,24,25,26);/p-1/b13-11+;. The third-order valence-electron chi connectivity index (χ3n) is 4.34. The number of carbonyl (C=O) groups excluding carboxylic acids is 1. The zero-order valence-electron chi connectivity index (χ0n) is 17.2. The number of rotatable bonds is 9. The number of methoxy groups -OCH3 is 1. The van der Waals surface area contributed by atoms with E-state index in [-0.39, 0.29) is 62.2 Å². The Balaban J connectivity index is 0.00000420. The Kier molecular flexibility index (Phi) is 10.7. The molecule has 0 saturated carbocycles. The van der Waals surface area contributed by atoms with E-state index in [4.69, 9.17) is 20.6 Å². The molecular weight excluding hydrogens is 557 g/mol. The number of unbranched alkanes of at least 4 members (excludes halogenated alkanes) is 1. The first-order valence-corrected chi connectivity index (χ1v) is 9.47. The molecule has 0 aliphatic carbocycles. The molecule has 0 bridgehead atoms. The van der Waals surface area contributed by atoms with E-state index in [1.165, 1.54) is 24.8 Å². The van der Waals surface area contributed by atoms with Gasteiger partial charge in [-0.3, -0.25) is 0 Å². The minimum Gasteiger partial charge on any atom is -0.698 e. The van der Waals surface area contributed by atoms with Crippen LogP contribution in [0.25, 0.3) is 11.8 Å². The first-order valence-electron chi connectivity index (χ1n) is 9.47. The molecule has 2 rings (SSSR count). The number of aryl methyl sites for hydroxylation is 1. The molecule has 0 unspecified atom stereocenters. The fourth-order valence-electron chi connectivity index (χ4n) is 2.93. The fourth-order valence-corrected chi connectivity index (χ4v) is 2.93. The van der Waals surface area contributed by atoms with Gasteiger partial charge in [0.2, 0.25) is 0 Å². The molecular formula is C23H27N2O3Tl-. The molecule has 0 amide bonds. The number of ether oxygens (including phenoxy) is 2. The van der Waals surface area contributed by atoms with Gasteiger partial charge >= 0.3 is 5.97 Å². The van der Waals surface area contributed by atoms with Gasteiger partial charge in [0, 0.05) is 32.9 Å². The molecule has 151 valence electrons. The Morgan fingerprint density at radius 2 is 1.97 bits per heavy atom. The Morgan fingerprint density at radius 3 is 2.62 bits per heavy atom. The summed E-state index contributed by atoms with van der Waals surface area (Å²) in [4.78, 5) is 12.2. The molecule has 0 spiro atoms. The summed E-state index contributed by atoms with van der Waals surface area (Å²) in [5, 5.41) is 8.43. The predicted molar refractivity (Wildman–Crippen MR) is 120 cm³/mol. The van der Waals surface area contributed by atoms with Crippen molar-refractivity contribution in [2.75, 3.05) is 13.7 Å². The quantitative estimate of drug-likeness (QED) is 0.237. The van der Waals surface area contributed by atoms with Gasteiger partial charge in [-0.05, 0) is 43.0 Å². The molecule has 5 nitrogen and oxygen atoms in total. The predicted octanol–water partition coefficient (Wildman–Crippen LogP) is 5.60. The summed E-state index contributed by atoms with van der Waals surface area (Å²) >= 11 is 0. The molecule has 2 N–H and O–H groups in total. The van der Waals surface area contributed by atoms with Crippen LogP contribution in [0.5, 0.6) is 5.75 Å². The van der Waals surface area contributed by atoms with Crippen LogP contribution in [-0.2, 0) is 11.2 Å². The van der Waals surface area contributed by atoms with Crippen molar-refractivity contribution >= 4 is 50.7 Å². The second-order valence-corrected chi connectivity index (χ2v) is 6.38. The number of allylic oxidation sites excluding steroid dienone is 1. The summed E-state index contributed by atoms with van der Waals surface area (Å²) in [5.41, 5.74) is 11.1. The number of benzene rings is 2. The van der Waals surface area contributed by atoms with Crippen LogP contribution in [-0.4, -0.2) is 52.7 Å². The normalized spacial score (nSPS) is 10.4. The zero-order valence-corrected chi connectivity index (χ0v) is 21.7. The zero-order chi connectivity index (χ0) is 20.5. The van der Waals surface area contributed by atoms with Crippen LogP contribution in [0.15, 0.2) is 42.5 Å². The smallest absolute Gasteiger partial charge is 0.341 e. The summed E-state index contributed by atoms with van der Waals surface area (Å²) in [6.07, 6.45) is 6.79. The number of nitrogens with one attached hydrogen (secondary N) is 2. The van der Waals surface area contributed by atoms with Crippen LogP contribution in [0, 0.1) is 5.41 Å². The van der Waals surface area contributed by atoms with Crippen molar-refractivity contribution in [3.05, 3.63) is 70.5 Å². The summed E-state index contributed by atoms with van der Waals surface area (Å²) in [6.45, 7) is 4.14. The van der Waals surface area contributed by atoms with E-state index in [0.29, 0.717) is 0 Å². The van der Waals surface area contributed by atoms with Crippen LogP contribution >= 0.6 is 0 Å². The Morgan fingerprint density at radius 1 is 1.21 bits per heavy atom. The average Bonchev–Trinajstić information content (AvgIpc) is 2.70. The molecule has 2 aromatic carbocycles. The van der Waals surface area contributed by atoms with Gasteiger partial charge in [0.25, 0.3) is 0 Å². The number of carbonyl (C=O) groups is 1. The third-order valence-corrected chi connectivity index (χ3v) is 4.34. The van der Waals surface area contributed by atoms with Gasteiger partial charge in [0.15, 0.2) is 0 Å². The Labute approximate surface area is 193 Å². The molecule has 1 radical (unpaired) electrons. The van der Waals surface area contributed by atoms with Crippen LogP contribution in [0.1, 0.15) is 53.7 Å². The van der Waals surface area contributed by atoms with Gasteiger partial charge in [0.05, 0.1) is 19.4 Å². The third kappa shape index (κ3) is 6.69. The number of hydrogen-bond acceptors (Lipinski definition) is 4. The maximum atomic E-state index is 12.2. The maximum Gasteiger partial charge on any atom is 0.341 e. The van der Waals surface area contributed by atoms with Gasteiger partial charge in [0.1, 0.15) is 11.3 Å². The Bertz CT molecular complexity index is 878. The summed E-state index contributed by atoms with van der Waals surface area (Å²) < 4.78 is 10.4. The van der Waals surface area contributed by atoms with E-state index in [1.807, 2.05) is 18.2 Å². The van der Waals surface area contributed by atoms with Crippen molar-refractivity contribution < 1.29 is 14.3 Å². The first-order chi connectivity index (χ1) is 13.5. The molecule has 2 aromatic rings. The molecule has 0 aromatic heterocycles. The van der Waals surface area contributed by atoms with Crippen molar-refractivity contribution in [1.82, 2.24) is 0 Å². The number of hydrogen-bond donors (Lipinski definition) is 1. The van der Waals surface area contributed by atoms with Crippen LogP contribution in [0.4, 0.5) is 5.69 Å². The summed E-state index contributed by atoms with van der Waals surface area (Å²) in [6, 6.07) is 11.2. The first kappa shape index (κ1) is 24.9. The molecule has 6 heteroatoms. The summed E-state index contributed by atoms with van der Waals surface area (Å²) in [7, 11) is 1.43. The van der Waals surface area contributed by atoms with Crippen LogP contribution < -0.4 is 4.74 Å². The van der Waals surface area contributed by atoms with Crippen molar-refractivity contribution in [3.8, 4) is 5.75 Å². The van der Waals surface area contributed by atoms with Crippen molar-refractivity contribution in [2.24, 2.45) is 0 Å². The van der Waals surface area contributed by atoms with Gasteiger partial charge < -0.3 is 20.6 Å². The van der Waals surface area contributed by atoms with Gasteiger partial charge in [-0.2, -0.15) is 0 Å². The average molecular weight is 584 g/mol. The molecule has 0 heterocycles. The minimum absolute atomic E-state index is 0. The molecule has 0 aliphatic heterocycles. The van der Waals surface area contributed by atoms with Crippen molar-refractivity contribution in [1.29, 1.82) is 5.41 Å². The molecule has 0 aliphatic rings. The maximum absolute atomic E-state index is 12.2. The van der Waals surface area contributed by atoms with E-state index in [1.54, 1.807) is 13.0 Å². The van der Waals surface area contributed by atoms with E-state index in [0.717, 1.165) is 24.8 Å². The van der Waals surface area contributed by atoms with Gasteiger partial charge in [-0.15, -0.1) is 5.69 Å². The Hall–Kier alpha value is -2.16. The fraction of sp³-hybridized carbons (Fsp3) is 0.304. The van der Waals surface area contributed by atoms with Crippen LogP contribution in [0.2, 0.25) is 0 Å². The molecule has 0 fully saturated rings. The summed E-state index contributed by atoms with van der Waals surface area (Å²) in [5.74, 6) is -0.335. The second kappa shape index (κ2) is 12.4. The van der Waals surface area contributed by atoms with Crippen molar-refractivity contribution in [2.45, 2.75) is 33.1 Å². The monoisotopic (exact) mass is 584 g/mol. The molecule has 29 heavy (non-hydrogen) atoms. The SMILES string of the molecule is CCCCc1cccc(/C=C/C(=N)c2c([NH-])ccc(C(=O)OCC)c2OC)c1.[Tl]. The van der Waals surface area contributed by atoms with Gasteiger partial charge in [-0.25, -0.2) is 4.79 Å². The number of esters is 1. The minimum atomic E-state index is -0.527. The van der Waals surface area contributed by atoms with Crippen molar-refractivity contribution in [3.63, 3.8) is 0 Å². The van der Waals surface area contributed by atoms with E-state index < -0.39 is 5.97 Å². The molecule has 0 saturated heterocycles. The van der Waals surface area contributed by atoms with E-state index in [9.17, 15) is 4.79 Å². The topological polar surface area (TPSA) is 83.2 Å². The van der Waals surface area contributed by atoms with E-state index >= 15 is 0 Å². The second-order valence-electron chi connectivity index (χ2n) is 6.38.